The van der Waals surface area contributed by atoms with Gasteiger partial charge in [-0.05, 0) is 35.0 Å². The van der Waals surface area contributed by atoms with Crippen LogP contribution in [0.2, 0.25) is 0 Å². The number of anilines is 1. The van der Waals surface area contributed by atoms with Crippen LogP contribution in [0.25, 0.3) is 0 Å². The number of carbonyl (C=O) groups excluding carboxylic acids is 1. The van der Waals surface area contributed by atoms with Crippen LogP contribution in [0.4, 0.5) is 5.82 Å². The van der Waals surface area contributed by atoms with Crippen molar-refractivity contribution in [1.29, 1.82) is 0 Å². The molecule has 0 aliphatic carbocycles. The predicted octanol–water partition coefficient (Wildman–Crippen LogP) is 1.03. The van der Waals surface area contributed by atoms with E-state index in [0.717, 1.165) is 30.5 Å². The summed E-state index contributed by atoms with van der Waals surface area (Å²) in [6, 6.07) is 1.80. The third-order valence-electron chi connectivity index (χ3n) is 3.61. The summed E-state index contributed by atoms with van der Waals surface area (Å²) >= 11 is 3.37. The molecule has 1 aromatic heterocycles. The Morgan fingerprint density at radius 2 is 2.24 bits per heavy atom. The highest BCUT2D eigenvalue weighted by molar-refractivity contribution is 9.10. The lowest BCUT2D eigenvalue weighted by atomic mass is 10.2. The van der Waals surface area contributed by atoms with Gasteiger partial charge in [0.1, 0.15) is 5.82 Å². The summed E-state index contributed by atoms with van der Waals surface area (Å²) in [6.45, 7) is 3.95. The zero-order valence-corrected chi connectivity index (χ0v) is 13.8. The standard InChI is InChI=1S/C14H21BrN4O2/c1-16-13-12(9-11(15)10-17-13)14(21)19-4-2-3-18(5-6-19)7-8-20/h9-10,20H,2-8H2,1H3,(H,16,17). The van der Waals surface area contributed by atoms with Gasteiger partial charge in [0.15, 0.2) is 0 Å². The zero-order valence-electron chi connectivity index (χ0n) is 12.2. The normalized spacial score (nSPS) is 16.6. The molecule has 0 spiro atoms. The molecule has 2 rings (SSSR count). The van der Waals surface area contributed by atoms with Gasteiger partial charge in [-0.1, -0.05) is 0 Å². The van der Waals surface area contributed by atoms with E-state index >= 15 is 0 Å². The molecule has 1 amide bonds. The number of pyridine rings is 1. The molecule has 0 atom stereocenters. The Balaban J connectivity index is 2.11. The molecule has 1 fully saturated rings. The minimum absolute atomic E-state index is 0.000927. The number of hydrogen-bond donors (Lipinski definition) is 2. The smallest absolute Gasteiger partial charge is 0.257 e. The van der Waals surface area contributed by atoms with Crippen molar-refractivity contribution in [3.8, 4) is 0 Å². The topological polar surface area (TPSA) is 68.7 Å². The van der Waals surface area contributed by atoms with E-state index < -0.39 is 0 Å². The van der Waals surface area contributed by atoms with E-state index in [0.29, 0.717) is 24.5 Å². The molecule has 1 aliphatic rings. The first-order valence-corrected chi connectivity index (χ1v) is 7.90. The lowest BCUT2D eigenvalue weighted by molar-refractivity contribution is 0.0761. The summed E-state index contributed by atoms with van der Waals surface area (Å²) in [6.07, 6.45) is 2.59. The highest BCUT2D eigenvalue weighted by atomic mass is 79.9. The average Bonchev–Trinajstić information content (AvgIpc) is 2.72. The summed E-state index contributed by atoms with van der Waals surface area (Å²) in [5.74, 6) is 0.596. The second kappa shape index (κ2) is 7.72. The molecular formula is C14H21BrN4O2. The number of halogens is 1. The molecule has 1 aliphatic heterocycles. The van der Waals surface area contributed by atoms with Crippen molar-refractivity contribution < 1.29 is 9.90 Å². The maximum absolute atomic E-state index is 12.7. The monoisotopic (exact) mass is 356 g/mol. The highest BCUT2D eigenvalue weighted by Gasteiger charge is 2.22. The minimum Gasteiger partial charge on any atom is -0.395 e. The fraction of sp³-hybridized carbons (Fsp3) is 0.571. The van der Waals surface area contributed by atoms with E-state index in [2.05, 4.69) is 31.1 Å². The van der Waals surface area contributed by atoms with Crippen LogP contribution in [0, 0.1) is 0 Å². The molecule has 2 heterocycles. The van der Waals surface area contributed by atoms with Gasteiger partial charge in [0.2, 0.25) is 0 Å². The number of amides is 1. The molecule has 0 aromatic carbocycles. The number of nitrogens with one attached hydrogen (secondary N) is 1. The van der Waals surface area contributed by atoms with Crippen LogP contribution < -0.4 is 5.32 Å². The second-order valence-corrected chi connectivity index (χ2v) is 5.93. The first kappa shape index (κ1) is 16.2. The zero-order chi connectivity index (χ0) is 15.2. The number of aliphatic hydroxyl groups excluding tert-OH is 1. The highest BCUT2D eigenvalue weighted by Crippen LogP contribution is 2.20. The molecule has 0 radical (unpaired) electrons. The maximum Gasteiger partial charge on any atom is 0.257 e. The molecule has 0 unspecified atom stereocenters. The Morgan fingerprint density at radius 3 is 2.95 bits per heavy atom. The third-order valence-corrected chi connectivity index (χ3v) is 4.05. The lowest BCUT2D eigenvalue weighted by Gasteiger charge is -2.22. The molecule has 7 heteroatoms. The lowest BCUT2D eigenvalue weighted by Crippen LogP contribution is -2.36. The fourth-order valence-electron chi connectivity index (χ4n) is 2.51. The fourth-order valence-corrected chi connectivity index (χ4v) is 2.84. The van der Waals surface area contributed by atoms with Gasteiger partial charge in [0, 0.05) is 43.9 Å². The van der Waals surface area contributed by atoms with Crippen LogP contribution in [0.5, 0.6) is 0 Å². The molecular weight excluding hydrogens is 336 g/mol. The Labute approximate surface area is 133 Å². The average molecular weight is 357 g/mol. The van der Waals surface area contributed by atoms with Crippen molar-refractivity contribution in [2.75, 3.05) is 51.7 Å². The van der Waals surface area contributed by atoms with Crippen LogP contribution >= 0.6 is 15.9 Å². The molecule has 21 heavy (non-hydrogen) atoms. The SMILES string of the molecule is CNc1ncc(Br)cc1C(=O)N1CCCN(CCO)CC1. The summed E-state index contributed by atoms with van der Waals surface area (Å²) in [5.41, 5.74) is 0.586. The number of rotatable bonds is 4. The van der Waals surface area contributed by atoms with Crippen molar-refractivity contribution in [3.05, 3.63) is 22.3 Å². The van der Waals surface area contributed by atoms with E-state index in [1.54, 1.807) is 19.3 Å². The summed E-state index contributed by atoms with van der Waals surface area (Å²) in [5, 5.41) is 12.0. The van der Waals surface area contributed by atoms with Gasteiger partial charge in [-0.15, -0.1) is 0 Å². The van der Waals surface area contributed by atoms with Crippen LogP contribution in [0.3, 0.4) is 0 Å². The van der Waals surface area contributed by atoms with Crippen LogP contribution in [0.15, 0.2) is 16.7 Å². The quantitative estimate of drug-likeness (QED) is 0.843. The Hall–Kier alpha value is -1.18. The van der Waals surface area contributed by atoms with E-state index in [9.17, 15) is 4.79 Å². The predicted molar refractivity (Wildman–Crippen MR) is 85.5 cm³/mol. The van der Waals surface area contributed by atoms with Crippen LogP contribution in [0.1, 0.15) is 16.8 Å². The third kappa shape index (κ3) is 4.15. The van der Waals surface area contributed by atoms with E-state index in [1.165, 1.54) is 0 Å². The van der Waals surface area contributed by atoms with Crippen molar-refractivity contribution in [1.82, 2.24) is 14.8 Å². The van der Waals surface area contributed by atoms with E-state index in [-0.39, 0.29) is 12.5 Å². The Morgan fingerprint density at radius 1 is 1.43 bits per heavy atom. The number of carbonyl (C=O) groups is 1. The van der Waals surface area contributed by atoms with E-state index in [4.69, 9.17) is 5.11 Å². The van der Waals surface area contributed by atoms with Crippen molar-refractivity contribution in [3.63, 3.8) is 0 Å². The number of hydrogen-bond acceptors (Lipinski definition) is 5. The number of β-amino-alcohol motifs (C(OH)–C–C–N with tert-alkyl or cyclic N) is 1. The molecule has 1 aromatic rings. The maximum atomic E-state index is 12.7. The summed E-state index contributed by atoms with van der Waals surface area (Å²) in [7, 11) is 1.76. The molecule has 6 nitrogen and oxygen atoms in total. The number of aliphatic hydroxyl groups is 1. The van der Waals surface area contributed by atoms with Crippen LogP contribution in [-0.2, 0) is 0 Å². The first-order chi connectivity index (χ1) is 10.2. The van der Waals surface area contributed by atoms with Gasteiger partial charge < -0.3 is 15.3 Å². The Bertz CT molecular complexity index is 498. The van der Waals surface area contributed by atoms with Gasteiger partial charge in [-0.3, -0.25) is 9.69 Å². The Kier molecular flexibility index (Phi) is 5.96. The summed E-state index contributed by atoms with van der Waals surface area (Å²) in [4.78, 5) is 21.0. The van der Waals surface area contributed by atoms with Crippen LogP contribution in [-0.4, -0.2) is 72.2 Å². The minimum atomic E-state index is -0.000927. The molecule has 0 saturated carbocycles. The first-order valence-electron chi connectivity index (χ1n) is 7.11. The molecule has 116 valence electrons. The van der Waals surface area contributed by atoms with Crippen molar-refractivity contribution >= 4 is 27.7 Å². The molecule has 2 N–H and O–H groups in total. The van der Waals surface area contributed by atoms with Crippen molar-refractivity contribution in [2.24, 2.45) is 0 Å². The summed E-state index contributed by atoms with van der Waals surface area (Å²) < 4.78 is 0.793. The molecule has 0 bridgehead atoms. The number of aromatic nitrogens is 1. The number of nitrogens with zero attached hydrogens (tertiary/aromatic N) is 3. The van der Waals surface area contributed by atoms with E-state index in [1.807, 2.05) is 4.90 Å². The molecule has 1 saturated heterocycles. The van der Waals surface area contributed by atoms with Gasteiger partial charge >= 0.3 is 0 Å². The van der Waals surface area contributed by atoms with Gasteiger partial charge in [0.25, 0.3) is 5.91 Å². The second-order valence-electron chi connectivity index (χ2n) is 5.01. The van der Waals surface area contributed by atoms with Gasteiger partial charge in [-0.2, -0.15) is 0 Å². The van der Waals surface area contributed by atoms with Gasteiger partial charge in [-0.25, -0.2) is 4.98 Å². The van der Waals surface area contributed by atoms with Crippen molar-refractivity contribution in [2.45, 2.75) is 6.42 Å². The van der Waals surface area contributed by atoms with Gasteiger partial charge in [0.05, 0.1) is 12.2 Å². The largest absolute Gasteiger partial charge is 0.395 e.